The Labute approximate surface area is 389 Å². The number of hydrogen-bond donors (Lipinski definition) is 0. The van der Waals surface area contributed by atoms with Crippen LogP contribution in [-0.4, -0.2) is 24.3 Å². The van der Waals surface area contributed by atoms with E-state index in [1.165, 1.54) is 27.6 Å². The van der Waals surface area contributed by atoms with E-state index in [1.54, 1.807) is 0 Å². The molecule has 0 amide bonds. The molecule has 0 unspecified atom stereocenters. The van der Waals surface area contributed by atoms with Gasteiger partial charge in [0.1, 0.15) is 11.6 Å². The van der Waals surface area contributed by atoms with Crippen molar-refractivity contribution in [2.75, 3.05) is 0 Å². The van der Waals surface area contributed by atoms with E-state index in [4.69, 9.17) is 14.8 Å². The standard InChI is InChI=1S/C57H47N5O.Pt/c1-36(2)46-24-15-25-47(37(3)4)55(46)42-31-32-58-53(34-42)62-51-28-13-17-38(5)54(51)50-30-29-45(35-52(50)62)63-44-23-14-22-43(33-44)57-60-59-39(6)61(57)56-48(40-18-9-7-10-19-40)26-16-27-49(56)41-20-11-8-12-21-41;/h7-32,34,36-37H,1-6H3;/q-2;+2. The summed E-state index contributed by atoms with van der Waals surface area (Å²) in [4.78, 5) is 5.01. The Bertz CT molecular complexity index is 3210. The fourth-order valence-electron chi connectivity index (χ4n) is 9.08. The van der Waals surface area contributed by atoms with Gasteiger partial charge in [-0.25, -0.2) is 4.98 Å². The molecular formula is C57H47N5OPt. The van der Waals surface area contributed by atoms with Crippen LogP contribution >= 0.6 is 0 Å². The number of para-hydroxylation sites is 1. The van der Waals surface area contributed by atoms with Crippen LogP contribution in [-0.2, 0) is 21.1 Å². The van der Waals surface area contributed by atoms with Crippen LogP contribution in [0.1, 0.15) is 62.0 Å². The van der Waals surface area contributed by atoms with Crippen molar-refractivity contribution in [3.8, 4) is 67.8 Å². The molecule has 7 aromatic carbocycles. The van der Waals surface area contributed by atoms with Crippen molar-refractivity contribution in [2.45, 2.75) is 53.4 Å². The van der Waals surface area contributed by atoms with E-state index in [9.17, 15) is 0 Å². The third-order valence-electron chi connectivity index (χ3n) is 12.0. The maximum Gasteiger partial charge on any atom is 2.00 e. The Kier molecular flexibility index (Phi) is 11.7. The van der Waals surface area contributed by atoms with Gasteiger partial charge in [0.15, 0.2) is 0 Å². The van der Waals surface area contributed by atoms with E-state index in [0.717, 1.165) is 67.1 Å². The molecule has 0 atom stereocenters. The predicted molar refractivity (Wildman–Crippen MR) is 257 cm³/mol. The number of nitrogens with zero attached hydrogens (tertiary/aromatic N) is 5. The molecule has 3 heterocycles. The Hall–Kier alpha value is -6.88. The minimum atomic E-state index is 0. The maximum atomic E-state index is 6.68. The minimum absolute atomic E-state index is 0. The molecule has 10 rings (SSSR count). The summed E-state index contributed by atoms with van der Waals surface area (Å²) >= 11 is 0. The van der Waals surface area contributed by atoms with Gasteiger partial charge in [0.25, 0.3) is 0 Å². The van der Waals surface area contributed by atoms with Crippen molar-refractivity contribution in [3.05, 3.63) is 199 Å². The zero-order chi connectivity index (χ0) is 43.2. The Balaban J connectivity index is 0.00000518. The first kappa shape index (κ1) is 42.4. The summed E-state index contributed by atoms with van der Waals surface area (Å²) in [5.74, 6) is 4.10. The summed E-state index contributed by atoms with van der Waals surface area (Å²) in [6, 6.07) is 62.2. The number of ether oxygens (including phenoxy) is 1. The van der Waals surface area contributed by atoms with Crippen molar-refractivity contribution in [1.82, 2.24) is 24.3 Å². The Morgan fingerprint density at radius 3 is 1.86 bits per heavy atom. The van der Waals surface area contributed by atoms with Crippen LogP contribution in [0.2, 0.25) is 0 Å². The van der Waals surface area contributed by atoms with Gasteiger partial charge < -0.3 is 13.9 Å². The quantitative estimate of drug-likeness (QED) is 0.128. The van der Waals surface area contributed by atoms with Crippen LogP contribution in [0.25, 0.3) is 78.1 Å². The fraction of sp³-hybridized carbons (Fsp3) is 0.140. The van der Waals surface area contributed by atoms with Crippen molar-refractivity contribution >= 4 is 21.8 Å². The number of aryl methyl sites for hydroxylation is 2. The van der Waals surface area contributed by atoms with Crippen molar-refractivity contribution in [1.29, 1.82) is 0 Å². The van der Waals surface area contributed by atoms with E-state index >= 15 is 0 Å². The second kappa shape index (κ2) is 17.7. The first-order valence-corrected chi connectivity index (χ1v) is 21.7. The molecular weight excluding hydrogens is 966 g/mol. The average Bonchev–Trinajstić information content (AvgIpc) is 3.86. The molecule has 0 spiro atoms. The molecule has 0 saturated heterocycles. The summed E-state index contributed by atoms with van der Waals surface area (Å²) in [6.07, 6.45) is 1.93. The number of benzene rings is 7. The van der Waals surface area contributed by atoms with Crippen LogP contribution in [0, 0.1) is 26.0 Å². The van der Waals surface area contributed by atoms with Gasteiger partial charge in [-0.1, -0.05) is 154 Å². The predicted octanol–water partition coefficient (Wildman–Crippen LogP) is 14.7. The molecule has 6 nitrogen and oxygen atoms in total. The molecule has 0 bridgehead atoms. The van der Waals surface area contributed by atoms with Crippen LogP contribution in [0.4, 0.5) is 0 Å². The maximum absolute atomic E-state index is 6.68. The van der Waals surface area contributed by atoms with E-state index in [1.807, 2.05) is 49.5 Å². The van der Waals surface area contributed by atoms with Crippen LogP contribution < -0.4 is 4.74 Å². The van der Waals surface area contributed by atoms with Gasteiger partial charge in [-0.05, 0) is 82.6 Å². The van der Waals surface area contributed by atoms with Gasteiger partial charge in [0, 0.05) is 34.3 Å². The largest absolute Gasteiger partial charge is 2.00 e. The summed E-state index contributed by atoms with van der Waals surface area (Å²) in [5.41, 5.74) is 14.4. The van der Waals surface area contributed by atoms with Crippen LogP contribution in [0.3, 0.4) is 0 Å². The number of hydrogen-bond acceptors (Lipinski definition) is 4. The van der Waals surface area contributed by atoms with Gasteiger partial charge in [-0.3, -0.25) is 0 Å². The van der Waals surface area contributed by atoms with Crippen molar-refractivity contribution in [2.24, 2.45) is 0 Å². The number of rotatable bonds is 10. The molecule has 316 valence electrons. The zero-order valence-corrected chi connectivity index (χ0v) is 39.0. The molecule has 3 aromatic heterocycles. The average molecular weight is 1010 g/mol. The van der Waals surface area contributed by atoms with Gasteiger partial charge in [0.2, 0.25) is 0 Å². The van der Waals surface area contributed by atoms with Crippen LogP contribution in [0.15, 0.2) is 164 Å². The third kappa shape index (κ3) is 7.67. The Morgan fingerprint density at radius 1 is 0.562 bits per heavy atom. The molecule has 0 fully saturated rings. The third-order valence-corrected chi connectivity index (χ3v) is 12.0. The second-order valence-corrected chi connectivity index (χ2v) is 16.8. The first-order valence-electron chi connectivity index (χ1n) is 21.7. The number of fused-ring (bicyclic) bond motifs is 3. The van der Waals surface area contributed by atoms with Crippen molar-refractivity contribution in [3.63, 3.8) is 0 Å². The molecule has 0 radical (unpaired) electrons. The zero-order valence-electron chi connectivity index (χ0n) is 36.7. The molecule has 64 heavy (non-hydrogen) atoms. The van der Waals surface area contributed by atoms with E-state index < -0.39 is 0 Å². The number of aromatic nitrogens is 5. The van der Waals surface area contributed by atoms with Gasteiger partial charge in [-0.15, -0.1) is 46.4 Å². The molecule has 0 aliphatic carbocycles. The van der Waals surface area contributed by atoms with Gasteiger partial charge >= 0.3 is 21.1 Å². The molecule has 0 N–H and O–H groups in total. The second-order valence-electron chi connectivity index (χ2n) is 16.8. The topological polar surface area (TPSA) is 57.8 Å². The summed E-state index contributed by atoms with van der Waals surface area (Å²) < 4.78 is 11.0. The summed E-state index contributed by atoms with van der Waals surface area (Å²) in [5, 5.41) is 11.7. The van der Waals surface area contributed by atoms with E-state index in [2.05, 4.69) is 182 Å². The number of pyridine rings is 1. The minimum Gasteiger partial charge on any atom is -0.503 e. The van der Waals surface area contributed by atoms with Crippen LogP contribution in [0.5, 0.6) is 11.5 Å². The normalized spacial score (nSPS) is 11.4. The van der Waals surface area contributed by atoms with Crippen molar-refractivity contribution < 1.29 is 25.8 Å². The summed E-state index contributed by atoms with van der Waals surface area (Å²) in [6.45, 7) is 13.2. The first-order chi connectivity index (χ1) is 30.7. The van der Waals surface area contributed by atoms with Gasteiger partial charge in [-0.2, -0.15) is 11.2 Å². The summed E-state index contributed by atoms with van der Waals surface area (Å²) in [7, 11) is 0. The van der Waals surface area contributed by atoms with E-state index in [-0.39, 0.29) is 21.1 Å². The van der Waals surface area contributed by atoms with Gasteiger partial charge in [0.05, 0.1) is 11.5 Å². The molecule has 7 heteroatoms. The monoisotopic (exact) mass is 1010 g/mol. The SMILES string of the molecule is Cc1cccc2c1c1ccc(Oc3[c-]c(-c4nnc(C)n4-c4c(-c5ccccc5)cccc4-c4ccccc4)ccc3)[c-]c1n2-c1cc(-c2c(C(C)C)cccc2C(C)C)ccn1.[Pt+2]. The molecule has 0 saturated carbocycles. The molecule has 0 aliphatic rings. The molecule has 10 aromatic rings. The Morgan fingerprint density at radius 2 is 1.19 bits per heavy atom. The smallest absolute Gasteiger partial charge is 0.503 e. The van der Waals surface area contributed by atoms with E-state index in [0.29, 0.717) is 29.2 Å². The molecule has 0 aliphatic heterocycles. The fourth-order valence-corrected chi connectivity index (χ4v) is 9.08.